The monoisotopic (exact) mass is 189 g/mol. The van der Waals surface area contributed by atoms with Crippen molar-refractivity contribution in [2.24, 2.45) is 0 Å². The first-order chi connectivity index (χ1) is 4.16. The van der Waals surface area contributed by atoms with Crippen LogP contribution in [0, 0.1) is 0 Å². The first kappa shape index (κ1) is 8.92. The summed E-state index contributed by atoms with van der Waals surface area (Å²) in [4.78, 5) is 0. The van der Waals surface area contributed by atoms with Crippen LogP contribution in [0.4, 0.5) is 0 Å². The molecule has 1 atom stereocenters. The van der Waals surface area contributed by atoms with Crippen molar-refractivity contribution in [2.75, 3.05) is 6.54 Å². The topological polar surface area (TPSA) is 12.0 Å². The molecular weight excluding hydrogens is 178 g/mol. The highest BCUT2D eigenvalue weighted by Crippen LogP contribution is 1.97. The van der Waals surface area contributed by atoms with E-state index >= 15 is 0 Å². The van der Waals surface area contributed by atoms with Gasteiger partial charge in [-0.3, -0.25) is 0 Å². The van der Waals surface area contributed by atoms with E-state index in [0.717, 1.165) is 11.0 Å². The Morgan fingerprint density at radius 1 is 1.89 bits per heavy atom. The average Bonchev–Trinajstić information content (AvgIpc) is 1.83. The molecule has 0 aliphatic rings. The second-order valence-corrected chi connectivity index (χ2v) is 3.04. The first-order valence-corrected chi connectivity index (χ1v) is 3.65. The lowest BCUT2D eigenvalue weighted by atomic mass is 10.3. The Hall–Kier alpha value is -0.0800. The van der Waals surface area contributed by atoms with Gasteiger partial charge in [-0.05, 0) is 6.92 Å². The normalized spacial score (nSPS) is 12.7. The van der Waals surface area contributed by atoms with Gasteiger partial charge in [0.1, 0.15) is 0 Å². The summed E-state index contributed by atoms with van der Waals surface area (Å²) >= 11 is 3.24. The van der Waals surface area contributed by atoms with Gasteiger partial charge in [-0.15, -0.1) is 6.58 Å². The zero-order valence-corrected chi connectivity index (χ0v) is 7.24. The summed E-state index contributed by atoms with van der Waals surface area (Å²) < 4.78 is 0.969. The Bertz CT molecular complexity index is 109. The highest BCUT2D eigenvalue weighted by molar-refractivity contribution is 9.11. The van der Waals surface area contributed by atoms with Crippen molar-refractivity contribution >= 4 is 15.9 Å². The summed E-state index contributed by atoms with van der Waals surface area (Å²) in [7, 11) is 0. The van der Waals surface area contributed by atoms with E-state index in [1.807, 2.05) is 13.0 Å². The van der Waals surface area contributed by atoms with Gasteiger partial charge >= 0.3 is 0 Å². The molecule has 0 spiro atoms. The molecule has 0 aromatic rings. The van der Waals surface area contributed by atoms with Crippen molar-refractivity contribution in [1.29, 1.82) is 0 Å². The lowest BCUT2D eigenvalue weighted by Gasteiger charge is -2.06. The van der Waals surface area contributed by atoms with Crippen LogP contribution in [0.1, 0.15) is 6.92 Å². The Morgan fingerprint density at radius 3 is 2.78 bits per heavy atom. The number of hydrogen-bond acceptors (Lipinski definition) is 1. The SMILES string of the molecule is C=CC(C)NCC(=C)Br. The third kappa shape index (κ3) is 5.80. The summed E-state index contributed by atoms with van der Waals surface area (Å²) in [6.07, 6.45) is 1.86. The van der Waals surface area contributed by atoms with E-state index in [4.69, 9.17) is 0 Å². The zero-order chi connectivity index (χ0) is 7.28. The first-order valence-electron chi connectivity index (χ1n) is 2.86. The van der Waals surface area contributed by atoms with E-state index in [1.165, 1.54) is 0 Å². The zero-order valence-electron chi connectivity index (χ0n) is 5.65. The van der Waals surface area contributed by atoms with E-state index in [0.29, 0.717) is 6.04 Å². The molecule has 1 unspecified atom stereocenters. The van der Waals surface area contributed by atoms with E-state index in [2.05, 4.69) is 34.4 Å². The van der Waals surface area contributed by atoms with Gasteiger partial charge < -0.3 is 5.32 Å². The van der Waals surface area contributed by atoms with Crippen molar-refractivity contribution in [3.63, 3.8) is 0 Å². The van der Waals surface area contributed by atoms with Crippen LogP contribution in [-0.4, -0.2) is 12.6 Å². The molecule has 0 fully saturated rings. The summed E-state index contributed by atoms with van der Waals surface area (Å²) in [5.74, 6) is 0. The summed E-state index contributed by atoms with van der Waals surface area (Å²) in [6, 6.07) is 0.360. The van der Waals surface area contributed by atoms with Crippen molar-refractivity contribution in [1.82, 2.24) is 5.32 Å². The van der Waals surface area contributed by atoms with Gasteiger partial charge in [0, 0.05) is 17.1 Å². The molecule has 0 radical (unpaired) electrons. The van der Waals surface area contributed by atoms with Crippen LogP contribution < -0.4 is 5.32 Å². The van der Waals surface area contributed by atoms with Gasteiger partial charge in [0.15, 0.2) is 0 Å². The molecule has 0 aromatic carbocycles. The van der Waals surface area contributed by atoms with Gasteiger partial charge in [0.05, 0.1) is 0 Å². The molecule has 0 heterocycles. The predicted molar refractivity (Wildman–Crippen MR) is 45.7 cm³/mol. The molecule has 0 rings (SSSR count). The predicted octanol–water partition coefficient (Wildman–Crippen LogP) is 2.06. The van der Waals surface area contributed by atoms with Gasteiger partial charge in [0.25, 0.3) is 0 Å². The molecule has 0 bridgehead atoms. The highest BCUT2D eigenvalue weighted by atomic mass is 79.9. The third-order valence-corrected chi connectivity index (χ3v) is 1.25. The molecule has 0 aliphatic carbocycles. The number of halogens is 1. The fourth-order valence-corrected chi connectivity index (χ4v) is 0.517. The van der Waals surface area contributed by atoms with Gasteiger partial charge in [-0.25, -0.2) is 0 Å². The van der Waals surface area contributed by atoms with E-state index in [-0.39, 0.29) is 0 Å². The molecule has 0 saturated carbocycles. The van der Waals surface area contributed by atoms with E-state index in [1.54, 1.807) is 0 Å². The molecule has 0 aliphatic heterocycles. The Morgan fingerprint density at radius 2 is 2.44 bits per heavy atom. The molecular formula is C7H12BrN. The minimum absolute atomic E-state index is 0.360. The average molecular weight is 190 g/mol. The van der Waals surface area contributed by atoms with E-state index < -0.39 is 0 Å². The molecule has 52 valence electrons. The largest absolute Gasteiger partial charge is 0.306 e. The molecule has 2 heteroatoms. The number of nitrogens with one attached hydrogen (secondary N) is 1. The van der Waals surface area contributed by atoms with Crippen molar-refractivity contribution in [3.05, 3.63) is 23.7 Å². The minimum atomic E-state index is 0.360. The smallest absolute Gasteiger partial charge is 0.0271 e. The summed E-state index contributed by atoms with van der Waals surface area (Å²) in [6.45, 7) is 10.2. The van der Waals surface area contributed by atoms with Crippen LogP contribution in [0.15, 0.2) is 23.7 Å². The summed E-state index contributed by atoms with van der Waals surface area (Å²) in [5, 5.41) is 3.17. The van der Waals surface area contributed by atoms with Crippen LogP contribution in [0.25, 0.3) is 0 Å². The Balaban J connectivity index is 3.26. The van der Waals surface area contributed by atoms with E-state index in [9.17, 15) is 0 Å². The minimum Gasteiger partial charge on any atom is -0.306 e. The van der Waals surface area contributed by atoms with Gasteiger partial charge in [-0.1, -0.05) is 28.6 Å². The Labute approximate surface area is 65.0 Å². The van der Waals surface area contributed by atoms with Crippen LogP contribution in [0.3, 0.4) is 0 Å². The van der Waals surface area contributed by atoms with Gasteiger partial charge in [0.2, 0.25) is 0 Å². The van der Waals surface area contributed by atoms with Crippen LogP contribution >= 0.6 is 15.9 Å². The van der Waals surface area contributed by atoms with Gasteiger partial charge in [-0.2, -0.15) is 0 Å². The summed E-state index contributed by atoms with van der Waals surface area (Å²) in [5.41, 5.74) is 0. The maximum absolute atomic E-state index is 3.68. The lowest BCUT2D eigenvalue weighted by molar-refractivity contribution is 0.685. The second-order valence-electron chi connectivity index (χ2n) is 1.92. The molecule has 1 nitrogen and oxygen atoms in total. The third-order valence-electron chi connectivity index (χ3n) is 0.969. The van der Waals surface area contributed by atoms with Crippen LogP contribution in [-0.2, 0) is 0 Å². The fraction of sp³-hybridized carbons (Fsp3) is 0.429. The Kier molecular flexibility index (Phi) is 4.72. The highest BCUT2D eigenvalue weighted by Gasteiger charge is 1.92. The van der Waals surface area contributed by atoms with Crippen molar-refractivity contribution in [3.8, 4) is 0 Å². The van der Waals surface area contributed by atoms with Crippen molar-refractivity contribution < 1.29 is 0 Å². The lowest BCUT2D eigenvalue weighted by Crippen LogP contribution is -2.24. The molecule has 9 heavy (non-hydrogen) atoms. The molecule has 0 saturated heterocycles. The quantitative estimate of drug-likeness (QED) is 0.669. The maximum Gasteiger partial charge on any atom is 0.0271 e. The standard InChI is InChI=1S/C7H12BrN/c1-4-7(3)9-5-6(2)8/h4,7,9H,1-2,5H2,3H3. The number of hydrogen-bond donors (Lipinski definition) is 1. The maximum atomic E-state index is 3.68. The molecule has 1 N–H and O–H groups in total. The number of rotatable bonds is 4. The molecule has 0 amide bonds. The van der Waals surface area contributed by atoms with Crippen LogP contribution in [0.5, 0.6) is 0 Å². The van der Waals surface area contributed by atoms with Crippen molar-refractivity contribution in [2.45, 2.75) is 13.0 Å². The second kappa shape index (κ2) is 4.77. The molecule has 0 aromatic heterocycles. The van der Waals surface area contributed by atoms with Crippen LogP contribution in [0.2, 0.25) is 0 Å². The fourth-order valence-electron chi connectivity index (χ4n) is 0.355.